The number of nitrogens with one attached hydrogen (secondary N) is 2. The molecule has 0 spiro atoms. The van der Waals surface area contributed by atoms with Gasteiger partial charge >= 0.3 is 0 Å². The van der Waals surface area contributed by atoms with E-state index in [1.807, 2.05) is 0 Å². The summed E-state index contributed by atoms with van der Waals surface area (Å²) in [5, 5.41) is 2.61. The molecule has 0 heterocycles. The molecule has 6 nitrogen and oxygen atoms in total. The van der Waals surface area contributed by atoms with Gasteiger partial charge in [0.1, 0.15) is 11.6 Å². The number of amides is 1. The van der Waals surface area contributed by atoms with Crippen LogP contribution in [0.4, 0.5) is 10.1 Å². The van der Waals surface area contributed by atoms with Crippen LogP contribution in [0.2, 0.25) is 0 Å². The van der Waals surface area contributed by atoms with Crippen LogP contribution in [-0.2, 0) is 10.0 Å². The van der Waals surface area contributed by atoms with Gasteiger partial charge in [-0.1, -0.05) is 12.8 Å². The Labute approximate surface area is 157 Å². The Morgan fingerprint density at radius 1 is 1.11 bits per heavy atom. The monoisotopic (exact) mass is 392 g/mol. The number of hydrogen-bond acceptors (Lipinski definition) is 4. The van der Waals surface area contributed by atoms with Gasteiger partial charge < -0.3 is 10.1 Å². The molecule has 2 aromatic carbocycles. The first-order chi connectivity index (χ1) is 12.9. The van der Waals surface area contributed by atoms with E-state index in [0.29, 0.717) is 5.69 Å². The molecule has 144 valence electrons. The van der Waals surface area contributed by atoms with Crippen molar-refractivity contribution in [1.82, 2.24) is 4.72 Å². The third-order valence-corrected chi connectivity index (χ3v) is 6.04. The second-order valence-corrected chi connectivity index (χ2v) is 8.14. The van der Waals surface area contributed by atoms with E-state index in [0.717, 1.165) is 31.7 Å². The Morgan fingerprint density at radius 3 is 2.41 bits per heavy atom. The van der Waals surface area contributed by atoms with Crippen molar-refractivity contribution >= 4 is 21.6 Å². The number of carbonyl (C=O) groups is 1. The predicted octanol–water partition coefficient (Wildman–Crippen LogP) is 3.31. The molecule has 0 aliphatic heterocycles. The number of hydrogen-bond donors (Lipinski definition) is 2. The van der Waals surface area contributed by atoms with Gasteiger partial charge in [-0.25, -0.2) is 17.5 Å². The average Bonchev–Trinajstić information content (AvgIpc) is 3.14. The molecule has 0 saturated heterocycles. The van der Waals surface area contributed by atoms with Crippen LogP contribution in [0.25, 0.3) is 0 Å². The number of benzene rings is 2. The summed E-state index contributed by atoms with van der Waals surface area (Å²) in [6.45, 7) is 0. The van der Waals surface area contributed by atoms with E-state index < -0.39 is 21.7 Å². The summed E-state index contributed by atoms with van der Waals surface area (Å²) in [6, 6.07) is 9.47. The molecule has 1 fully saturated rings. The topological polar surface area (TPSA) is 84.5 Å². The second kappa shape index (κ2) is 8.06. The van der Waals surface area contributed by atoms with Crippen molar-refractivity contribution in [3.8, 4) is 5.75 Å². The summed E-state index contributed by atoms with van der Waals surface area (Å²) < 4.78 is 46.0. The van der Waals surface area contributed by atoms with E-state index in [4.69, 9.17) is 4.74 Å². The summed E-state index contributed by atoms with van der Waals surface area (Å²) in [5.74, 6) is -0.861. The van der Waals surface area contributed by atoms with Gasteiger partial charge in [-0.15, -0.1) is 0 Å². The molecule has 3 rings (SSSR count). The number of sulfonamides is 1. The largest absolute Gasteiger partial charge is 0.496 e. The van der Waals surface area contributed by atoms with E-state index >= 15 is 0 Å². The van der Waals surface area contributed by atoms with Crippen molar-refractivity contribution in [2.24, 2.45) is 0 Å². The molecule has 1 amide bonds. The van der Waals surface area contributed by atoms with E-state index in [1.54, 1.807) is 0 Å². The van der Waals surface area contributed by atoms with Gasteiger partial charge in [-0.2, -0.15) is 0 Å². The van der Waals surface area contributed by atoms with Gasteiger partial charge in [-0.05, 0) is 55.3 Å². The van der Waals surface area contributed by atoms with Crippen LogP contribution in [0.5, 0.6) is 5.75 Å². The van der Waals surface area contributed by atoms with Crippen LogP contribution in [0, 0.1) is 5.82 Å². The zero-order chi connectivity index (χ0) is 19.4. The fraction of sp³-hybridized carbons (Fsp3) is 0.316. The number of anilines is 1. The predicted molar refractivity (Wildman–Crippen MR) is 99.9 cm³/mol. The van der Waals surface area contributed by atoms with Crippen molar-refractivity contribution < 1.29 is 22.3 Å². The van der Waals surface area contributed by atoms with E-state index in [1.165, 1.54) is 43.5 Å². The lowest BCUT2D eigenvalue weighted by atomic mass is 10.1. The summed E-state index contributed by atoms with van der Waals surface area (Å²) in [7, 11) is -2.20. The molecule has 1 aliphatic rings. The maximum absolute atomic E-state index is 13.4. The summed E-state index contributed by atoms with van der Waals surface area (Å²) in [6.07, 6.45) is 3.76. The Morgan fingerprint density at radius 2 is 1.78 bits per heavy atom. The maximum Gasteiger partial charge on any atom is 0.259 e. The minimum atomic E-state index is -3.59. The highest BCUT2D eigenvalue weighted by molar-refractivity contribution is 7.89. The van der Waals surface area contributed by atoms with Gasteiger partial charge in [0.05, 0.1) is 17.6 Å². The molecule has 0 atom stereocenters. The molecule has 1 saturated carbocycles. The lowest BCUT2D eigenvalue weighted by Gasteiger charge is -2.13. The molecule has 0 radical (unpaired) electrons. The lowest BCUT2D eigenvalue weighted by Crippen LogP contribution is -2.32. The van der Waals surface area contributed by atoms with E-state index in [-0.39, 0.29) is 22.3 Å². The zero-order valence-electron chi connectivity index (χ0n) is 14.9. The maximum atomic E-state index is 13.4. The SMILES string of the molecule is COc1ccc(F)cc1C(=O)Nc1ccc(S(=O)(=O)NC2CCCC2)cc1. The molecule has 2 N–H and O–H groups in total. The van der Waals surface area contributed by atoms with Gasteiger partial charge in [0, 0.05) is 11.7 Å². The molecule has 8 heteroatoms. The van der Waals surface area contributed by atoms with Gasteiger partial charge in [0.2, 0.25) is 10.0 Å². The summed E-state index contributed by atoms with van der Waals surface area (Å²) >= 11 is 0. The molecular weight excluding hydrogens is 371 g/mol. The molecule has 0 bridgehead atoms. The quantitative estimate of drug-likeness (QED) is 0.790. The number of carbonyl (C=O) groups excluding carboxylic acids is 1. The van der Waals surface area contributed by atoms with Crippen LogP contribution < -0.4 is 14.8 Å². The molecule has 1 aliphatic carbocycles. The van der Waals surface area contributed by atoms with Crippen LogP contribution in [0.1, 0.15) is 36.0 Å². The highest BCUT2D eigenvalue weighted by Crippen LogP contribution is 2.23. The van der Waals surface area contributed by atoms with Crippen LogP contribution >= 0.6 is 0 Å². The van der Waals surface area contributed by atoms with Gasteiger partial charge in [0.15, 0.2) is 0 Å². The van der Waals surface area contributed by atoms with Crippen molar-refractivity contribution in [1.29, 1.82) is 0 Å². The summed E-state index contributed by atoms with van der Waals surface area (Å²) in [5.41, 5.74) is 0.447. The highest BCUT2D eigenvalue weighted by Gasteiger charge is 2.23. The minimum absolute atomic E-state index is 0.0187. The first-order valence-electron chi connectivity index (χ1n) is 8.66. The first-order valence-corrected chi connectivity index (χ1v) is 10.1. The Balaban J connectivity index is 1.72. The second-order valence-electron chi connectivity index (χ2n) is 6.43. The van der Waals surface area contributed by atoms with E-state index in [9.17, 15) is 17.6 Å². The lowest BCUT2D eigenvalue weighted by molar-refractivity contribution is 0.102. The molecule has 0 unspecified atom stereocenters. The smallest absolute Gasteiger partial charge is 0.259 e. The number of ether oxygens (including phenoxy) is 1. The minimum Gasteiger partial charge on any atom is -0.496 e. The number of rotatable bonds is 6. The molecule has 0 aromatic heterocycles. The molecule has 2 aromatic rings. The van der Waals surface area contributed by atoms with Crippen molar-refractivity contribution in [2.75, 3.05) is 12.4 Å². The number of methoxy groups -OCH3 is 1. The van der Waals surface area contributed by atoms with Crippen LogP contribution in [0.15, 0.2) is 47.4 Å². The summed E-state index contributed by atoms with van der Waals surface area (Å²) in [4.78, 5) is 12.5. The average molecular weight is 392 g/mol. The Hall–Kier alpha value is -2.45. The van der Waals surface area contributed by atoms with Crippen molar-refractivity contribution in [3.05, 3.63) is 53.8 Å². The fourth-order valence-electron chi connectivity index (χ4n) is 3.10. The first kappa shape index (κ1) is 19.3. The Kier molecular flexibility index (Phi) is 5.76. The third-order valence-electron chi connectivity index (χ3n) is 4.51. The highest BCUT2D eigenvalue weighted by atomic mass is 32.2. The third kappa shape index (κ3) is 4.64. The van der Waals surface area contributed by atoms with Crippen LogP contribution in [-0.4, -0.2) is 27.5 Å². The van der Waals surface area contributed by atoms with Gasteiger partial charge in [0.25, 0.3) is 5.91 Å². The van der Waals surface area contributed by atoms with Crippen molar-refractivity contribution in [3.63, 3.8) is 0 Å². The zero-order valence-corrected chi connectivity index (χ0v) is 15.7. The Bertz CT molecular complexity index is 923. The molecular formula is C19H21FN2O4S. The van der Waals surface area contributed by atoms with Gasteiger partial charge in [-0.3, -0.25) is 4.79 Å². The fourth-order valence-corrected chi connectivity index (χ4v) is 4.41. The van der Waals surface area contributed by atoms with E-state index in [2.05, 4.69) is 10.0 Å². The standard InChI is InChI=1S/C19H21FN2O4S/c1-26-18-11-6-13(20)12-17(18)19(23)21-14-7-9-16(10-8-14)27(24,25)22-15-4-2-3-5-15/h6-12,15,22H,2-5H2,1H3,(H,21,23). The number of halogens is 1. The van der Waals surface area contributed by atoms with Crippen molar-refractivity contribution in [2.45, 2.75) is 36.6 Å². The molecule has 27 heavy (non-hydrogen) atoms. The normalized spacial score (nSPS) is 14.9. The van der Waals surface area contributed by atoms with Crippen LogP contribution in [0.3, 0.4) is 0 Å².